The molecule has 0 heterocycles. The number of sulfonamides is 1. The first-order valence-electron chi connectivity index (χ1n) is 10.5. The molecule has 1 atom stereocenters. The number of rotatable bonds is 9. The number of nitrogens with zero attached hydrogens (tertiary/aromatic N) is 1. The summed E-state index contributed by atoms with van der Waals surface area (Å²) >= 11 is 0. The van der Waals surface area contributed by atoms with E-state index in [0.29, 0.717) is 22.7 Å². The van der Waals surface area contributed by atoms with Gasteiger partial charge >= 0.3 is 0 Å². The summed E-state index contributed by atoms with van der Waals surface area (Å²) in [4.78, 5) is 12.8. The normalized spacial score (nSPS) is 12.0. The molecule has 8 heteroatoms. The molecule has 0 aliphatic carbocycles. The molecule has 33 heavy (non-hydrogen) atoms. The van der Waals surface area contributed by atoms with Crippen LogP contribution in [0.3, 0.4) is 0 Å². The van der Waals surface area contributed by atoms with Gasteiger partial charge in [-0.3, -0.25) is 9.10 Å². The van der Waals surface area contributed by atoms with Crippen LogP contribution in [0.1, 0.15) is 35.3 Å². The fourth-order valence-electron chi connectivity index (χ4n) is 3.44. The average Bonchev–Trinajstić information content (AvgIpc) is 2.86. The van der Waals surface area contributed by atoms with Gasteiger partial charge in [0.1, 0.15) is 0 Å². The van der Waals surface area contributed by atoms with Gasteiger partial charge in [0.15, 0.2) is 11.5 Å². The molecule has 0 saturated heterocycles. The molecule has 0 unspecified atom stereocenters. The number of carbonyl (C=O) groups excluding carboxylic acids is 1. The van der Waals surface area contributed by atoms with E-state index in [1.807, 2.05) is 37.3 Å². The molecule has 1 amide bonds. The molecule has 3 aromatic carbocycles. The average molecular weight is 469 g/mol. The molecule has 0 saturated carbocycles. The Morgan fingerprint density at radius 3 is 2.15 bits per heavy atom. The van der Waals surface area contributed by atoms with E-state index in [-0.39, 0.29) is 16.8 Å². The third kappa shape index (κ3) is 5.28. The standard InChI is InChI=1S/C25H28N2O5S/c1-5-22(18-9-7-6-8-10-18)26-25(28)19-11-13-20(14-12-19)27(2)33(29,30)21-15-16-23(31-3)24(17-21)32-4/h6-17,22H,5H2,1-4H3,(H,26,28)/t22-/m0/s1. The van der Waals surface area contributed by atoms with Gasteiger partial charge in [-0.05, 0) is 48.4 Å². The van der Waals surface area contributed by atoms with E-state index in [0.717, 1.165) is 16.3 Å². The molecule has 1 N–H and O–H groups in total. The van der Waals surface area contributed by atoms with Crippen LogP contribution < -0.4 is 19.1 Å². The SMILES string of the molecule is CC[C@H](NC(=O)c1ccc(N(C)S(=O)(=O)c2ccc(OC)c(OC)c2)cc1)c1ccccc1. The first kappa shape index (κ1) is 24.1. The van der Waals surface area contributed by atoms with Gasteiger partial charge in [-0.25, -0.2) is 8.42 Å². The topological polar surface area (TPSA) is 84.9 Å². The van der Waals surface area contributed by atoms with Crippen LogP contribution in [-0.4, -0.2) is 35.6 Å². The van der Waals surface area contributed by atoms with Crippen molar-refractivity contribution in [3.63, 3.8) is 0 Å². The lowest BCUT2D eigenvalue weighted by Crippen LogP contribution is -2.28. The largest absolute Gasteiger partial charge is 0.493 e. The summed E-state index contributed by atoms with van der Waals surface area (Å²) < 4.78 is 37.8. The lowest BCUT2D eigenvalue weighted by atomic mass is 10.0. The zero-order chi connectivity index (χ0) is 24.0. The maximum atomic E-state index is 13.1. The van der Waals surface area contributed by atoms with Gasteiger partial charge in [0.05, 0.1) is 30.8 Å². The first-order valence-corrected chi connectivity index (χ1v) is 11.9. The molecular weight excluding hydrogens is 440 g/mol. The molecule has 3 aromatic rings. The Morgan fingerprint density at radius 2 is 1.58 bits per heavy atom. The summed E-state index contributed by atoms with van der Waals surface area (Å²) in [7, 11) is 0.549. The van der Waals surface area contributed by atoms with Crippen LogP contribution in [0, 0.1) is 0 Å². The Kier molecular flexibility index (Phi) is 7.60. The van der Waals surface area contributed by atoms with Crippen molar-refractivity contribution in [1.29, 1.82) is 0 Å². The number of amides is 1. The third-order valence-electron chi connectivity index (χ3n) is 5.42. The minimum Gasteiger partial charge on any atom is -0.493 e. The molecular formula is C25H28N2O5S. The fraction of sp³-hybridized carbons (Fsp3) is 0.240. The van der Waals surface area contributed by atoms with E-state index < -0.39 is 10.0 Å². The van der Waals surface area contributed by atoms with Gasteiger partial charge in [-0.15, -0.1) is 0 Å². The lowest BCUT2D eigenvalue weighted by Gasteiger charge is -2.21. The number of ether oxygens (including phenoxy) is 2. The predicted octanol–water partition coefficient (Wildman–Crippen LogP) is 4.41. The Hall–Kier alpha value is -3.52. The van der Waals surface area contributed by atoms with Crippen molar-refractivity contribution in [3.05, 3.63) is 83.9 Å². The van der Waals surface area contributed by atoms with Gasteiger partial charge in [0.2, 0.25) is 0 Å². The number of hydrogen-bond donors (Lipinski definition) is 1. The summed E-state index contributed by atoms with van der Waals surface area (Å²) in [5, 5.41) is 3.03. The second kappa shape index (κ2) is 10.4. The zero-order valence-electron chi connectivity index (χ0n) is 19.1. The van der Waals surface area contributed by atoms with Gasteiger partial charge in [-0.1, -0.05) is 37.3 Å². The van der Waals surface area contributed by atoms with E-state index in [9.17, 15) is 13.2 Å². The Labute approximate surface area is 195 Å². The van der Waals surface area contributed by atoms with Crippen LogP contribution in [0.15, 0.2) is 77.7 Å². The van der Waals surface area contributed by atoms with E-state index in [4.69, 9.17) is 9.47 Å². The first-order chi connectivity index (χ1) is 15.8. The second-order valence-corrected chi connectivity index (χ2v) is 9.35. The van der Waals surface area contributed by atoms with Crippen LogP contribution in [0.25, 0.3) is 0 Å². The highest BCUT2D eigenvalue weighted by Crippen LogP contribution is 2.31. The number of methoxy groups -OCH3 is 2. The molecule has 0 bridgehead atoms. The third-order valence-corrected chi connectivity index (χ3v) is 7.20. The fourth-order valence-corrected chi connectivity index (χ4v) is 4.66. The van der Waals surface area contributed by atoms with Crippen LogP contribution in [0.4, 0.5) is 5.69 Å². The van der Waals surface area contributed by atoms with Crippen molar-refractivity contribution in [3.8, 4) is 11.5 Å². The van der Waals surface area contributed by atoms with Crippen LogP contribution >= 0.6 is 0 Å². The van der Waals surface area contributed by atoms with Gasteiger partial charge in [0, 0.05) is 18.7 Å². The molecule has 0 fully saturated rings. The van der Waals surface area contributed by atoms with E-state index in [1.165, 1.54) is 33.4 Å². The minimum absolute atomic E-state index is 0.0677. The smallest absolute Gasteiger partial charge is 0.264 e. The second-order valence-electron chi connectivity index (χ2n) is 7.38. The highest BCUT2D eigenvalue weighted by Gasteiger charge is 2.23. The van der Waals surface area contributed by atoms with Crippen molar-refractivity contribution in [2.24, 2.45) is 0 Å². The van der Waals surface area contributed by atoms with Crippen LogP contribution in [-0.2, 0) is 10.0 Å². The number of benzene rings is 3. The number of hydrogen-bond acceptors (Lipinski definition) is 5. The monoisotopic (exact) mass is 468 g/mol. The zero-order valence-corrected chi connectivity index (χ0v) is 19.9. The van der Waals surface area contributed by atoms with E-state index >= 15 is 0 Å². The number of nitrogens with one attached hydrogen (secondary N) is 1. The Morgan fingerprint density at radius 1 is 0.939 bits per heavy atom. The molecule has 0 aliphatic rings. The van der Waals surface area contributed by atoms with Crippen LogP contribution in [0.2, 0.25) is 0 Å². The molecule has 0 spiro atoms. The maximum absolute atomic E-state index is 13.1. The summed E-state index contributed by atoms with van der Waals surface area (Å²) in [6.45, 7) is 2.01. The Balaban J connectivity index is 1.78. The number of carbonyl (C=O) groups is 1. The predicted molar refractivity (Wildman–Crippen MR) is 129 cm³/mol. The Bertz CT molecular complexity index is 1200. The summed E-state index contributed by atoms with van der Waals surface area (Å²) in [6.07, 6.45) is 0.750. The molecule has 0 radical (unpaired) electrons. The van der Waals surface area contributed by atoms with E-state index in [1.54, 1.807) is 30.3 Å². The summed E-state index contributed by atoms with van der Waals surface area (Å²) in [5.74, 6) is 0.542. The van der Waals surface area contributed by atoms with Crippen molar-refractivity contribution in [2.75, 3.05) is 25.6 Å². The molecule has 0 aromatic heterocycles. The molecule has 7 nitrogen and oxygen atoms in total. The molecule has 3 rings (SSSR count). The quantitative estimate of drug-likeness (QED) is 0.503. The van der Waals surface area contributed by atoms with Crippen molar-refractivity contribution in [1.82, 2.24) is 5.32 Å². The van der Waals surface area contributed by atoms with Crippen molar-refractivity contribution < 1.29 is 22.7 Å². The minimum atomic E-state index is -3.84. The highest BCUT2D eigenvalue weighted by molar-refractivity contribution is 7.92. The van der Waals surface area contributed by atoms with Crippen LogP contribution in [0.5, 0.6) is 11.5 Å². The number of anilines is 1. The molecule has 0 aliphatic heterocycles. The van der Waals surface area contributed by atoms with Gasteiger partial charge < -0.3 is 14.8 Å². The summed E-state index contributed by atoms with van der Waals surface area (Å²) in [6, 6.07) is 20.5. The van der Waals surface area contributed by atoms with Crippen molar-refractivity contribution >= 4 is 21.6 Å². The lowest BCUT2D eigenvalue weighted by molar-refractivity contribution is 0.0935. The van der Waals surface area contributed by atoms with Gasteiger partial charge in [0.25, 0.3) is 15.9 Å². The van der Waals surface area contributed by atoms with Crippen molar-refractivity contribution in [2.45, 2.75) is 24.3 Å². The maximum Gasteiger partial charge on any atom is 0.264 e. The summed E-state index contributed by atoms with van der Waals surface area (Å²) in [5.41, 5.74) is 1.91. The highest BCUT2D eigenvalue weighted by atomic mass is 32.2. The molecule has 174 valence electrons. The van der Waals surface area contributed by atoms with E-state index in [2.05, 4.69) is 5.32 Å². The van der Waals surface area contributed by atoms with Gasteiger partial charge in [-0.2, -0.15) is 0 Å².